The number of nitrogens with two attached hydrogens (primary N) is 1. The highest BCUT2D eigenvalue weighted by Crippen LogP contribution is 2.24. The van der Waals surface area contributed by atoms with Crippen LogP contribution in [0.5, 0.6) is 0 Å². The lowest BCUT2D eigenvalue weighted by molar-refractivity contribution is 0.615. The second-order valence-electron chi connectivity index (χ2n) is 2.68. The van der Waals surface area contributed by atoms with Crippen LogP contribution in [0.4, 0.5) is 4.39 Å². The molecule has 1 aromatic carbocycles. The minimum Gasteiger partial charge on any atom is -0.324 e. The van der Waals surface area contributed by atoms with Gasteiger partial charge in [0, 0.05) is 10.5 Å². The molecular weight excluding hydrogens is 221 g/mol. The number of benzene rings is 1. The Labute approximate surface area is 79.9 Å². The molecule has 0 spiro atoms. The second kappa shape index (κ2) is 4.01. The van der Waals surface area contributed by atoms with Crippen molar-refractivity contribution < 1.29 is 4.39 Å². The topological polar surface area (TPSA) is 26.0 Å². The molecule has 1 nitrogen and oxygen atoms in total. The van der Waals surface area contributed by atoms with Crippen molar-refractivity contribution in [2.75, 3.05) is 0 Å². The predicted molar refractivity (Wildman–Crippen MR) is 51.3 cm³/mol. The standard InChI is InChI=1S/C9H11BrFN/c1-2-9(12)7-5-6(11)3-4-8(7)10/h3-5,9H,2,12H2,1H3/t9-/m0/s1. The summed E-state index contributed by atoms with van der Waals surface area (Å²) in [6.07, 6.45) is 0.808. The molecule has 1 rings (SSSR count). The molecule has 0 heterocycles. The minimum absolute atomic E-state index is 0.0879. The highest BCUT2D eigenvalue weighted by atomic mass is 79.9. The highest BCUT2D eigenvalue weighted by molar-refractivity contribution is 9.10. The molecule has 0 unspecified atom stereocenters. The zero-order valence-electron chi connectivity index (χ0n) is 6.85. The summed E-state index contributed by atoms with van der Waals surface area (Å²) in [7, 11) is 0. The van der Waals surface area contributed by atoms with E-state index in [-0.39, 0.29) is 11.9 Å². The van der Waals surface area contributed by atoms with E-state index < -0.39 is 0 Å². The van der Waals surface area contributed by atoms with E-state index in [0.717, 1.165) is 16.5 Å². The smallest absolute Gasteiger partial charge is 0.123 e. The molecule has 0 bridgehead atoms. The monoisotopic (exact) mass is 231 g/mol. The van der Waals surface area contributed by atoms with Crippen molar-refractivity contribution >= 4 is 15.9 Å². The van der Waals surface area contributed by atoms with Gasteiger partial charge in [0.25, 0.3) is 0 Å². The first-order valence-electron chi connectivity index (χ1n) is 3.85. The van der Waals surface area contributed by atoms with Crippen molar-refractivity contribution in [3.63, 3.8) is 0 Å². The fourth-order valence-corrected chi connectivity index (χ4v) is 1.56. The molecule has 12 heavy (non-hydrogen) atoms. The summed E-state index contributed by atoms with van der Waals surface area (Å²) >= 11 is 3.33. The van der Waals surface area contributed by atoms with Crippen molar-refractivity contribution in [3.8, 4) is 0 Å². The molecule has 0 aliphatic rings. The summed E-state index contributed by atoms with van der Waals surface area (Å²) in [5.74, 6) is -0.239. The van der Waals surface area contributed by atoms with Crippen LogP contribution in [-0.2, 0) is 0 Å². The lowest BCUT2D eigenvalue weighted by atomic mass is 10.1. The van der Waals surface area contributed by atoms with Gasteiger partial charge in [-0.2, -0.15) is 0 Å². The zero-order chi connectivity index (χ0) is 9.14. The summed E-state index contributed by atoms with van der Waals surface area (Å²) in [5.41, 5.74) is 6.60. The molecule has 0 aromatic heterocycles. The number of hydrogen-bond acceptors (Lipinski definition) is 1. The highest BCUT2D eigenvalue weighted by Gasteiger charge is 2.08. The third kappa shape index (κ3) is 2.05. The van der Waals surface area contributed by atoms with E-state index in [0.29, 0.717) is 0 Å². The van der Waals surface area contributed by atoms with Gasteiger partial charge in [0.1, 0.15) is 5.82 Å². The molecule has 0 radical (unpaired) electrons. The van der Waals surface area contributed by atoms with Crippen LogP contribution in [0.15, 0.2) is 22.7 Å². The lowest BCUT2D eigenvalue weighted by Gasteiger charge is -2.10. The molecule has 3 heteroatoms. The van der Waals surface area contributed by atoms with Crippen LogP contribution in [-0.4, -0.2) is 0 Å². The van der Waals surface area contributed by atoms with E-state index in [9.17, 15) is 4.39 Å². The van der Waals surface area contributed by atoms with E-state index in [1.165, 1.54) is 12.1 Å². The SMILES string of the molecule is CC[C@H](N)c1cc(F)ccc1Br. The van der Waals surface area contributed by atoms with E-state index in [2.05, 4.69) is 15.9 Å². The van der Waals surface area contributed by atoms with Crippen LogP contribution in [0.25, 0.3) is 0 Å². The molecule has 0 saturated carbocycles. The Morgan fingerprint density at radius 2 is 2.25 bits per heavy atom. The van der Waals surface area contributed by atoms with Crippen molar-refractivity contribution in [1.29, 1.82) is 0 Å². The molecule has 0 aliphatic heterocycles. The van der Waals surface area contributed by atoms with Crippen LogP contribution in [0.1, 0.15) is 24.9 Å². The molecule has 66 valence electrons. The quantitative estimate of drug-likeness (QED) is 0.833. The number of rotatable bonds is 2. The fourth-order valence-electron chi connectivity index (χ4n) is 1.02. The first-order valence-corrected chi connectivity index (χ1v) is 4.65. The third-order valence-corrected chi connectivity index (χ3v) is 2.52. The van der Waals surface area contributed by atoms with E-state index in [1.54, 1.807) is 6.07 Å². The Balaban J connectivity index is 3.04. The Morgan fingerprint density at radius 3 is 2.83 bits per heavy atom. The maximum Gasteiger partial charge on any atom is 0.123 e. The lowest BCUT2D eigenvalue weighted by Crippen LogP contribution is -2.09. The maximum absolute atomic E-state index is 12.8. The first-order chi connectivity index (χ1) is 5.65. The largest absolute Gasteiger partial charge is 0.324 e. The minimum atomic E-state index is -0.239. The Kier molecular flexibility index (Phi) is 3.23. The van der Waals surface area contributed by atoms with Gasteiger partial charge in [-0.1, -0.05) is 22.9 Å². The summed E-state index contributed by atoms with van der Waals surface area (Å²) in [6.45, 7) is 1.97. The van der Waals surface area contributed by atoms with E-state index in [4.69, 9.17) is 5.73 Å². The van der Waals surface area contributed by atoms with Gasteiger partial charge in [0.15, 0.2) is 0 Å². The molecule has 1 aromatic rings. The zero-order valence-corrected chi connectivity index (χ0v) is 8.44. The van der Waals surface area contributed by atoms with Crippen LogP contribution in [0.3, 0.4) is 0 Å². The third-order valence-electron chi connectivity index (χ3n) is 1.80. The molecule has 0 amide bonds. The molecule has 2 N–H and O–H groups in total. The Bertz CT molecular complexity index is 275. The summed E-state index contributed by atoms with van der Waals surface area (Å²) < 4.78 is 13.6. The maximum atomic E-state index is 12.8. The molecule has 0 aliphatic carbocycles. The van der Waals surface area contributed by atoms with Gasteiger partial charge in [0.2, 0.25) is 0 Å². The van der Waals surface area contributed by atoms with Crippen LogP contribution < -0.4 is 5.73 Å². The molecule has 0 fully saturated rings. The van der Waals surface area contributed by atoms with Crippen molar-refractivity contribution in [2.24, 2.45) is 5.73 Å². The van der Waals surface area contributed by atoms with E-state index in [1.807, 2.05) is 6.92 Å². The average Bonchev–Trinajstić information content (AvgIpc) is 2.08. The van der Waals surface area contributed by atoms with Gasteiger partial charge in [-0.05, 0) is 30.2 Å². The predicted octanol–water partition coefficient (Wildman–Crippen LogP) is 3.00. The van der Waals surface area contributed by atoms with Crippen LogP contribution in [0, 0.1) is 5.82 Å². The van der Waals surface area contributed by atoms with Gasteiger partial charge in [-0.15, -0.1) is 0 Å². The second-order valence-corrected chi connectivity index (χ2v) is 3.53. The van der Waals surface area contributed by atoms with Gasteiger partial charge in [-0.25, -0.2) is 4.39 Å². The van der Waals surface area contributed by atoms with Crippen LogP contribution in [0.2, 0.25) is 0 Å². The Morgan fingerprint density at radius 1 is 1.58 bits per heavy atom. The average molecular weight is 232 g/mol. The van der Waals surface area contributed by atoms with Crippen molar-refractivity contribution in [2.45, 2.75) is 19.4 Å². The van der Waals surface area contributed by atoms with Crippen molar-refractivity contribution in [3.05, 3.63) is 34.1 Å². The number of hydrogen-bond donors (Lipinski definition) is 1. The first kappa shape index (κ1) is 9.68. The van der Waals surface area contributed by atoms with Gasteiger partial charge < -0.3 is 5.73 Å². The normalized spacial score (nSPS) is 13.0. The Hall–Kier alpha value is -0.410. The van der Waals surface area contributed by atoms with Gasteiger partial charge in [-0.3, -0.25) is 0 Å². The van der Waals surface area contributed by atoms with Gasteiger partial charge >= 0.3 is 0 Å². The van der Waals surface area contributed by atoms with Crippen LogP contribution >= 0.6 is 15.9 Å². The number of halogens is 2. The van der Waals surface area contributed by atoms with E-state index >= 15 is 0 Å². The van der Waals surface area contributed by atoms with Gasteiger partial charge in [0.05, 0.1) is 0 Å². The van der Waals surface area contributed by atoms with Crippen molar-refractivity contribution in [1.82, 2.24) is 0 Å². The fraction of sp³-hybridized carbons (Fsp3) is 0.333. The molecular formula is C9H11BrFN. The molecule has 0 saturated heterocycles. The summed E-state index contributed by atoms with van der Waals surface area (Å²) in [6, 6.07) is 4.48. The summed E-state index contributed by atoms with van der Waals surface area (Å²) in [4.78, 5) is 0. The molecule has 1 atom stereocenters. The summed E-state index contributed by atoms with van der Waals surface area (Å²) in [5, 5.41) is 0.